The zero-order valence-electron chi connectivity index (χ0n) is 11.7. The van der Waals surface area contributed by atoms with Gasteiger partial charge in [0.05, 0.1) is 5.02 Å². The SMILES string of the molecule is CC1CCCC(NC(=O)c2ccc(Br)c(Cl)c2)(C(=O)O)C1. The Morgan fingerprint density at radius 1 is 1.48 bits per heavy atom. The molecule has 1 saturated carbocycles. The Hall–Kier alpha value is -1.07. The first-order chi connectivity index (χ1) is 9.84. The number of nitrogens with one attached hydrogen (secondary N) is 1. The normalized spacial score (nSPS) is 25.4. The van der Waals surface area contributed by atoms with E-state index in [1.54, 1.807) is 12.1 Å². The lowest BCUT2D eigenvalue weighted by Gasteiger charge is -2.37. The Balaban J connectivity index is 2.22. The molecule has 1 aliphatic rings. The van der Waals surface area contributed by atoms with Gasteiger partial charge in [-0.3, -0.25) is 4.79 Å². The van der Waals surface area contributed by atoms with Crippen molar-refractivity contribution < 1.29 is 14.7 Å². The van der Waals surface area contributed by atoms with Crippen molar-refractivity contribution in [1.82, 2.24) is 5.32 Å². The van der Waals surface area contributed by atoms with Gasteiger partial charge in [-0.2, -0.15) is 0 Å². The maximum absolute atomic E-state index is 12.3. The van der Waals surface area contributed by atoms with Crippen molar-refractivity contribution in [2.45, 2.75) is 38.1 Å². The molecular formula is C15H17BrClNO3. The number of carboxylic acids is 1. The number of hydrogen-bond acceptors (Lipinski definition) is 2. The van der Waals surface area contributed by atoms with Crippen LogP contribution < -0.4 is 5.32 Å². The number of carbonyl (C=O) groups excluding carboxylic acids is 1. The van der Waals surface area contributed by atoms with Crippen LogP contribution in [0.3, 0.4) is 0 Å². The largest absolute Gasteiger partial charge is 0.480 e. The average molecular weight is 375 g/mol. The molecular weight excluding hydrogens is 358 g/mol. The Morgan fingerprint density at radius 3 is 2.76 bits per heavy atom. The first-order valence-electron chi connectivity index (χ1n) is 6.85. The fourth-order valence-electron chi connectivity index (χ4n) is 2.84. The zero-order valence-corrected chi connectivity index (χ0v) is 14.0. The summed E-state index contributed by atoms with van der Waals surface area (Å²) in [6.45, 7) is 2.01. The van der Waals surface area contributed by atoms with Crippen LogP contribution in [0.4, 0.5) is 0 Å². The minimum Gasteiger partial charge on any atom is -0.480 e. The molecule has 6 heteroatoms. The van der Waals surface area contributed by atoms with Crippen molar-refractivity contribution in [1.29, 1.82) is 0 Å². The lowest BCUT2D eigenvalue weighted by atomic mass is 9.76. The summed E-state index contributed by atoms with van der Waals surface area (Å²) >= 11 is 9.24. The van der Waals surface area contributed by atoms with Crippen LogP contribution in [0.5, 0.6) is 0 Å². The van der Waals surface area contributed by atoms with Gasteiger partial charge in [0.15, 0.2) is 0 Å². The van der Waals surface area contributed by atoms with Crippen molar-refractivity contribution in [2.75, 3.05) is 0 Å². The highest BCUT2D eigenvalue weighted by atomic mass is 79.9. The highest BCUT2D eigenvalue weighted by molar-refractivity contribution is 9.10. The molecule has 114 valence electrons. The predicted octanol–water partition coefficient (Wildman–Crippen LogP) is 3.87. The van der Waals surface area contributed by atoms with Crippen molar-refractivity contribution in [3.63, 3.8) is 0 Å². The second kappa shape index (κ2) is 6.36. The van der Waals surface area contributed by atoms with Gasteiger partial charge in [0.2, 0.25) is 0 Å². The molecule has 1 aliphatic carbocycles. The van der Waals surface area contributed by atoms with Crippen LogP contribution in [-0.2, 0) is 4.79 Å². The van der Waals surface area contributed by atoms with E-state index in [0.29, 0.717) is 27.9 Å². The van der Waals surface area contributed by atoms with E-state index >= 15 is 0 Å². The summed E-state index contributed by atoms with van der Waals surface area (Å²) in [5.41, 5.74) is -0.809. The van der Waals surface area contributed by atoms with Crippen LogP contribution in [0.1, 0.15) is 43.0 Å². The number of rotatable bonds is 3. The smallest absolute Gasteiger partial charge is 0.329 e. The van der Waals surface area contributed by atoms with Gasteiger partial charge in [-0.1, -0.05) is 31.4 Å². The summed E-state index contributed by atoms with van der Waals surface area (Å²) in [6, 6.07) is 4.82. The summed E-state index contributed by atoms with van der Waals surface area (Å²) in [7, 11) is 0. The van der Waals surface area contributed by atoms with E-state index in [0.717, 1.165) is 12.8 Å². The van der Waals surface area contributed by atoms with Crippen LogP contribution in [0.15, 0.2) is 22.7 Å². The molecule has 0 saturated heterocycles. The first-order valence-corrected chi connectivity index (χ1v) is 8.02. The van der Waals surface area contributed by atoms with Crippen molar-refractivity contribution >= 4 is 39.4 Å². The standard InChI is InChI=1S/C15H17BrClNO3/c1-9-3-2-6-15(8-9,14(20)21)18-13(19)10-4-5-11(16)12(17)7-10/h4-5,7,9H,2-3,6,8H2,1H3,(H,18,19)(H,20,21). The molecule has 0 aliphatic heterocycles. The summed E-state index contributed by atoms with van der Waals surface area (Å²) in [6.07, 6.45) is 2.71. The van der Waals surface area contributed by atoms with Gasteiger partial charge < -0.3 is 10.4 Å². The van der Waals surface area contributed by atoms with Gasteiger partial charge in [0.1, 0.15) is 5.54 Å². The number of carboxylic acid groups (broad SMARTS) is 1. The monoisotopic (exact) mass is 373 g/mol. The Bertz CT molecular complexity index is 578. The van der Waals surface area contributed by atoms with Crippen LogP contribution in [0.25, 0.3) is 0 Å². The van der Waals surface area contributed by atoms with Crippen molar-refractivity contribution in [3.8, 4) is 0 Å². The fraction of sp³-hybridized carbons (Fsp3) is 0.467. The molecule has 1 amide bonds. The summed E-state index contributed by atoms with van der Waals surface area (Å²) in [5.74, 6) is -1.09. The van der Waals surface area contributed by atoms with Crippen molar-refractivity contribution in [3.05, 3.63) is 33.3 Å². The molecule has 1 fully saturated rings. The van der Waals surface area contributed by atoms with Crippen LogP contribution in [0.2, 0.25) is 5.02 Å². The Kier molecular flexibility index (Phi) is 4.94. The van der Waals surface area contributed by atoms with Gasteiger partial charge in [-0.15, -0.1) is 0 Å². The molecule has 0 bridgehead atoms. The van der Waals surface area contributed by atoms with E-state index in [-0.39, 0.29) is 5.92 Å². The van der Waals surface area contributed by atoms with Crippen LogP contribution >= 0.6 is 27.5 Å². The number of amides is 1. The number of halogens is 2. The molecule has 1 aromatic rings. The second-order valence-electron chi connectivity index (χ2n) is 5.67. The van der Waals surface area contributed by atoms with E-state index in [4.69, 9.17) is 11.6 Å². The fourth-order valence-corrected chi connectivity index (χ4v) is 3.27. The van der Waals surface area contributed by atoms with Gasteiger partial charge >= 0.3 is 5.97 Å². The minimum atomic E-state index is -1.17. The summed E-state index contributed by atoms with van der Waals surface area (Å²) < 4.78 is 0.694. The highest BCUT2D eigenvalue weighted by Gasteiger charge is 2.43. The molecule has 0 spiro atoms. The van der Waals surface area contributed by atoms with Gasteiger partial charge in [0, 0.05) is 10.0 Å². The van der Waals surface area contributed by atoms with Crippen molar-refractivity contribution in [2.24, 2.45) is 5.92 Å². The Labute approximate surface area is 137 Å². The van der Waals surface area contributed by atoms with Crippen LogP contribution in [-0.4, -0.2) is 22.5 Å². The zero-order chi connectivity index (χ0) is 15.6. The third kappa shape index (κ3) is 3.58. The van der Waals surface area contributed by atoms with Gasteiger partial charge in [0.25, 0.3) is 5.91 Å². The predicted molar refractivity (Wildman–Crippen MR) is 84.6 cm³/mol. The quantitative estimate of drug-likeness (QED) is 0.844. The lowest BCUT2D eigenvalue weighted by molar-refractivity contribution is -0.146. The lowest BCUT2D eigenvalue weighted by Crippen LogP contribution is -2.56. The average Bonchev–Trinajstić information content (AvgIpc) is 2.41. The first kappa shape index (κ1) is 16.3. The number of benzene rings is 1. The molecule has 0 heterocycles. The van der Waals surface area contributed by atoms with Gasteiger partial charge in [-0.25, -0.2) is 4.79 Å². The highest BCUT2D eigenvalue weighted by Crippen LogP contribution is 2.33. The molecule has 0 aromatic heterocycles. The number of aliphatic carboxylic acids is 1. The molecule has 2 N–H and O–H groups in total. The molecule has 0 radical (unpaired) electrons. The summed E-state index contributed by atoms with van der Waals surface area (Å²) in [5, 5.41) is 12.7. The topological polar surface area (TPSA) is 66.4 Å². The van der Waals surface area contributed by atoms with E-state index in [9.17, 15) is 14.7 Å². The maximum atomic E-state index is 12.3. The minimum absolute atomic E-state index is 0.281. The molecule has 2 atom stereocenters. The Morgan fingerprint density at radius 2 is 2.19 bits per heavy atom. The molecule has 21 heavy (non-hydrogen) atoms. The third-order valence-corrected chi connectivity index (χ3v) is 5.17. The van der Waals surface area contributed by atoms with E-state index in [1.165, 1.54) is 6.07 Å². The van der Waals surface area contributed by atoms with Crippen LogP contribution in [0, 0.1) is 5.92 Å². The van der Waals surface area contributed by atoms with Gasteiger partial charge in [-0.05, 0) is 52.9 Å². The van der Waals surface area contributed by atoms with E-state index in [1.807, 2.05) is 6.92 Å². The number of carbonyl (C=O) groups is 2. The molecule has 2 unspecified atom stereocenters. The third-order valence-electron chi connectivity index (χ3n) is 3.94. The van der Waals surface area contributed by atoms with E-state index in [2.05, 4.69) is 21.2 Å². The summed E-state index contributed by atoms with van der Waals surface area (Å²) in [4.78, 5) is 24.0. The molecule has 2 rings (SSSR count). The molecule has 4 nitrogen and oxygen atoms in total. The second-order valence-corrected chi connectivity index (χ2v) is 6.93. The maximum Gasteiger partial charge on any atom is 0.329 e. The molecule has 1 aromatic carbocycles. The number of hydrogen-bond donors (Lipinski definition) is 2. The van der Waals surface area contributed by atoms with E-state index < -0.39 is 17.4 Å².